The second kappa shape index (κ2) is 10.1. The number of unbranched alkanes of at least 4 members (excludes halogenated alkanes) is 1. The van der Waals surface area contributed by atoms with Crippen LogP contribution in [0.1, 0.15) is 38.2 Å². The third-order valence-electron chi connectivity index (χ3n) is 3.79. The summed E-state index contributed by atoms with van der Waals surface area (Å²) in [4.78, 5) is 16.2. The van der Waals surface area contributed by atoms with Gasteiger partial charge in [0.05, 0.1) is 5.71 Å². The highest BCUT2D eigenvalue weighted by Gasteiger charge is 2.20. The number of nitriles is 1. The van der Waals surface area contributed by atoms with Gasteiger partial charge in [0.2, 0.25) is 11.9 Å². The van der Waals surface area contributed by atoms with E-state index in [9.17, 15) is 4.79 Å². The van der Waals surface area contributed by atoms with Gasteiger partial charge in [0.25, 0.3) is 0 Å². The number of nitrogens with one attached hydrogen (secondary N) is 2. The number of carbonyl (C=O) groups is 1. The first-order valence-electron chi connectivity index (χ1n) is 8.61. The van der Waals surface area contributed by atoms with Gasteiger partial charge >= 0.3 is 0 Å². The number of amides is 1. The Morgan fingerprint density at radius 3 is 2.84 bits per heavy atom. The largest absolute Gasteiger partial charge is 0.356 e. The van der Waals surface area contributed by atoms with E-state index in [4.69, 9.17) is 5.26 Å². The van der Waals surface area contributed by atoms with Crippen molar-refractivity contribution in [2.45, 2.75) is 32.6 Å². The topological polar surface area (TPSA) is 92.9 Å². The molecule has 0 unspecified atom stereocenters. The normalized spacial score (nSPS) is 14.7. The van der Waals surface area contributed by atoms with E-state index in [-0.39, 0.29) is 5.91 Å². The highest BCUT2D eigenvalue weighted by atomic mass is 16.2. The summed E-state index contributed by atoms with van der Waals surface area (Å²) in [5.41, 5.74) is 2.04. The van der Waals surface area contributed by atoms with Crippen molar-refractivity contribution in [2.75, 3.05) is 19.6 Å². The lowest BCUT2D eigenvalue weighted by atomic mass is 10.0. The van der Waals surface area contributed by atoms with Gasteiger partial charge in [0.15, 0.2) is 6.19 Å². The van der Waals surface area contributed by atoms with E-state index in [2.05, 4.69) is 20.7 Å². The Morgan fingerprint density at radius 2 is 2.12 bits per heavy atom. The third-order valence-corrected chi connectivity index (χ3v) is 3.79. The summed E-state index contributed by atoms with van der Waals surface area (Å²) < 4.78 is 0. The minimum atomic E-state index is 0.0759. The molecule has 0 saturated heterocycles. The zero-order valence-corrected chi connectivity index (χ0v) is 14.5. The Kier molecular flexibility index (Phi) is 7.44. The number of hydrogen-bond donors (Lipinski definition) is 2. The molecule has 0 aliphatic carbocycles. The fourth-order valence-corrected chi connectivity index (χ4v) is 2.56. The van der Waals surface area contributed by atoms with Crippen LogP contribution in [0.4, 0.5) is 0 Å². The van der Waals surface area contributed by atoms with E-state index in [1.165, 1.54) is 0 Å². The van der Waals surface area contributed by atoms with Crippen molar-refractivity contribution in [3.8, 4) is 6.19 Å². The maximum atomic E-state index is 12.1. The Labute approximate surface area is 148 Å². The molecule has 1 heterocycles. The molecule has 2 rings (SSSR count). The first-order chi connectivity index (χ1) is 12.2. The quantitative estimate of drug-likeness (QED) is 0.260. The fourth-order valence-electron chi connectivity index (χ4n) is 2.56. The Morgan fingerprint density at radius 1 is 1.32 bits per heavy atom. The van der Waals surface area contributed by atoms with E-state index in [0.29, 0.717) is 38.4 Å². The number of rotatable bonds is 7. The van der Waals surface area contributed by atoms with Crippen LogP contribution in [0.5, 0.6) is 0 Å². The van der Waals surface area contributed by atoms with E-state index in [1.807, 2.05) is 43.4 Å². The summed E-state index contributed by atoms with van der Waals surface area (Å²) in [7, 11) is 0. The Balaban J connectivity index is 1.80. The minimum absolute atomic E-state index is 0.0759. The lowest BCUT2D eigenvalue weighted by Gasteiger charge is -2.23. The molecule has 0 aromatic heterocycles. The highest BCUT2D eigenvalue weighted by Crippen LogP contribution is 2.15. The zero-order valence-electron chi connectivity index (χ0n) is 14.5. The molecule has 0 bridgehead atoms. The van der Waals surface area contributed by atoms with Gasteiger partial charge < -0.3 is 5.32 Å². The number of aliphatic imine (C=N–C) groups is 1. The van der Waals surface area contributed by atoms with E-state index in [0.717, 1.165) is 24.1 Å². The van der Waals surface area contributed by atoms with E-state index >= 15 is 0 Å². The van der Waals surface area contributed by atoms with Gasteiger partial charge in [-0.15, -0.1) is 0 Å². The van der Waals surface area contributed by atoms with Gasteiger partial charge in [-0.3, -0.25) is 15.1 Å². The van der Waals surface area contributed by atoms with Gasteiger partial charge in [-0.1, -0.05) is 30.3 Å². The van der Waals surface area contributed by atoms with Gasteiger partial charge in [-0.05, 0) is 25.3 Å². The molecule has 7 nitrogen and oxygen atoms in total. The lowest BCUT2D eigenvalue weighted by molar-refractivity contribution is -0.131. The van der Waals surface area contributed by atoms with Crippen molar-refractivity contribution in [1.82, 2.24) is 15.6 Å². The summed E-state index contributed by atoms with van der Waals surface area (Å²) in [6, 6.07) is 9.98. The SMILES string of the molecule is CCN=C(NC#N)NCCCCN1N=C(c2ccccc2)CCC1=O. The molecule has 1 aromatic carbocycles. The molecular weight excluding hydrogens is 316 g/mol. The van der Waals surface area contributed by atoms with Gasteiger partial charge in [0, 0.05) is 32.5 Å². The van der Waals surface area contributed by atoms with Gasteiger partial charge in [-0.2, -0.15) is 10.4 Å². The molecule has 2 N–H and O–H groups in total. The highest BCUT2D eigenvalue weighted by molar-refractivity contribution is 6.04. The fraction of sp³-hybridized carbons (Fsp3) is 0.444. The van der Waals surface area contributed by atoms with Crippen LogP contribution in [-0.2, 0) is 4.79 Å². The molecule has 1 aromatic rings. The maximum Gasteiger partial charge on any atom is 0.243 e. The molecule has 0 atom stereocenters. The van der Waals surface area contributed by atoms with Crippen LogP contribution in [-0.4, -0.2) is 42.2 Å². The number of hydrogen-bond acceptors (Lipinski definition) is 4. The van der Waals surface area contributed by atoms with Crippen LogP contribution in [0.25, 0.3) is 0 Å². The molecular formula is C18H24N6O. The molecule has 132 valence electrons. The van der Waals surface area contributed by atoms with Crippen molar-refractivity contribution < 1.29 is 4.79 Å². The third kappa shape index (κ3) is 5.92. The van der Waals surface area contributed by atoms with Crippen molar-refractivity contribution in [3.63, 3.8) is 0 Å². The zero-order chi connectivity index (χ0) is 17.9. The first kappa shape index (κ1) is 18.5. The maximum absolute atomic E-state index is 12.1. The first-order valence-corrected chi connectivity index (χ1v) is 8.61. The van der Waals surface area contributed by atoms with Crippen molar-refractivity contribution >= 4 is 17.6 Å². The summed E-state index contributed by atoms with van der Waals surface area (Å²) in [5, 5.41) is 20.3. The van der Waals surface area contributed by atoms with Crippen molar-refractivity contribution in [1.29, 1.82) is 5.26 Å². The molecule has 0 saturated carbocycles. The van der Waals surface area contributed by atoms with Crippen LogP contribution in [0, 0.1) is 11.5 Å². The molecule has 1 aliphatic heterocycles. The Hall–Kier alpha value is -2.88. The Bertz CT molecular complexity index is 662. The van der Waals surface area contributed by atoms with E-state index in [1.54, 1.807) is 5.01 Å². The number of hydrazone groups is 1. The number of carbonyl (C=O) groups excluding carboxylic acids is 1. The number of nitrogens with zero attached hydrogens (tertiary/aromatic N) is 4. The van der Waals surface area contributed by atoms with E-state index < -0.39 is 0 Å². The van der Waals surface area contributed by atoms with Gasteiger partial charge in [-0.25, -0.2) is 5.01 Å². The number of benzene rings is 1. The van der Waals surface area contributed by atoms with Crippen LogP contribution < -0.4 is 10.6 Å². The summed E-state index contributed by atoms with van der Waals surface area (Å²) in [6.07, 6.45) is 4.74. The summed E-state index contributed by atoms with van der Waals surface area (Å²) >= 11 is 0. The standard InChI is InChI=1S/C18H24N6O/c1-2-20-18(22-14-19)21-12-6-7-13-24-17(25)11-10-16(23-24)15-8-4-3-5-9-15/h3-5,8-9H,2,6-7,10-13H2,1H3,(H2,20,21,22). The second-order valence-corrected chi connectivity index (χ2v) is 5.62. The molecule has 1 aliphatic rings. The predicted octanol–water partition coefficient (Wildman–Crippen LogP) is 1.83. The van der Waals surface area contributed by atoms with Crippen LogP contribution in [0.2, 0.25) is 0 Å². The minimum Gasteiger partial charge on any atom is -0.356 e. The van der Waals surface area contributed by atoms with Crippen LogP contribution >= 0.6 is 0 Å². The average molecular weight is 340 g/mol. The van der Waals surface area contributed by atoms with Gasteiger partial charge in [0.1, 0.15) is 0 Å². The summed E-state index contributed by atoms with van der Waals surface area (Å²) in [6.45, 7) is 3.80. The second-order valence-electron chi connectivity index (χ2n) is 5.62. The molecule has 25 heavy (non-hydrogen) atoms. The molecule has 0 radical (unpaired) electrons. The molecule has 7 heteroatoms. The van der Waals surface area contributed by atoms with Crippen LogP contribution in [0.3, 0.4) is 0 Å². The molecule has 0 fully saturated rings. The van der Waals surface area contributed by atoms with Crippen molar-refractivity contribution in [3.05, 3.63) is 35.9 Å². The molecule has 0 spiro atoms. The lowest BCUT2D eigenvalue weighted by Crippen LogP contribution is -2.36. The predicted molar refractivity (Wildman–Crippen MR) is 97.9 cm³/mol. The average Bonchev–Trinajstić information content (AvgIpc) is 2.64. The molecule has 1 amide bonds. The van der Waals surface area contributed by atoms with Crippen LogP contribution in [0.15, 0.2) is 40.4 Å². The van der Waals surface area contributed by atoms with Crippen molar-refractivity contribution in [2.24, 2.45) is 10.1 Å². The number of guanidine groups is 1. The smallest absolute Gasteiger partial charge is 0.243 e. The summed E-state index contributed by atoms with van der Waals surface area (Å²) in [5.74, 6) is 0.565. The monoisotopic (exact) mass is 340 g/mol.